The minimum absolute atomic E-state index is 0.267. The highest BCUT2D eigenvalue weighted by molar-refractivity contribution is 5.75. The number of hydrogen-bond acceptors (Lipinski definition) is 5. The molecule has 0 aromatic carbocycles. The molecule has 0 bridgehead atoms. The Kier molecular flexibility index (Phi) is 3.76. The Morgan fingerprint density at radius 2 is 1.94 bits per heavy atom. The van der Waals surface area contributed by atoms with Crippen molar-refractivity contribution in [3.8, 4) is 0 Å². The second kappa shape index (κ2) is 5.30. The molecule has 2 rings (SSSR count). The van der Waals surface area contributed by atoms with E-state index in [0.29, 0.717) is 6.54 Å². The molecule has 0 aliphatic carbocycles. The van der Waals surface area contributed by atoms with Gasteiger partial charge in [0, 0.05) is 37.9 Å². The van der Waals surface area contributed by atoms with Gasteiger partial charge in [-0.05, 0) is 13.8 Å². The molecule has 0 radical (unpaired) electrons. The molecule has 1 aliphatic rings. The Morgan fingerprint density at radius 1 is 1.28 bits per heavy atom. The molecule has 1 aromatic rings. The first-order valence-corrected chi connectivity index (χ1v) is 6.12. The van der Waals surface area contributed by atoms with E-state index in [1.165, 1.54) is 0 Å². The molecule has 2 N–H and O–H groups in total. The van der Waals surface area contributed by atoms with E-state index in [-0.39, 0.29) is 5.91 Å². The third-order valence-electron chi connectivity index (χ3n) is 3.03. The average Bonchev–Trinajstić information content (AvgIpc) is 2.27. The summed E-state index contributed by atoms with van der Waals surface area (Å²) in [6.45, 7) is 7.62. The predicted molar refractivity (Wildman–Crippen MR) is 69.4 cm³/mol. The van der Waals surface area contributed by atoms with Crippen molar-refractivity contribution in [3.63, 3.8) is 0 Å². The van der Waals surface area contributed by atoms with E-state index >= 15 is 0 Å². The van der Waals surface area contributed by atoms with Crippen molar-refractivity contribution in [2.75, 3.05) is 37.6 Å². The van der Waals surface area contributed by atoms with Crippen LogP contribution in [0.25, 0.3) is 0 Å². The lowest BCUT2D eigenvalue weighted by Crippen LogP contribution is -2.49. The molecule has 6 heteroatoms. The van der Waals surface area contributed by atoms with Crippen molar-refractivity contribution in [3.05, 3.63) is 17.6 Å². The van der Waals surface area contributed by atoms with E-state index in [1.807, 2.05) is 19.9 Å². The Bertz CT molecular complexity index is 420. The van der Waals surface area contributed by atoms with Crippen molar-refractivity contribution < 1.29 is 4.79 Å². The first-order chi connectivity index (χ1) is 8.54. The molecular formula is C12H19N5O. The number of piperazine rings is 1. The van der Waals surface area contributed by atoms with Crippen molar-refractivity contribution in [1.82, 2.24) is 14.9 Å². The fraction of sp³-hybridized carbons (Fsp3) is 0.583. The third kappa shape index (κ3) is 3.16. The lowest BCUT2D eigenvalue weighted by Gasteiger charge is -2.34. The second-order valence-electron chi connectivity index (χ2n) is 4.64. The summed E-state index contributed by atoms with van der Waals surface area (Å²) >= 11 is 0. The molecular weight excluding hydrogens is 230 g/mol. The zero-order chi connectivity index (χ0) is 13.1. The number of carbonyl (C=O) groups is 1. The van der Waals surface area contributed by atoms with Gasteiger partial charge in [0.2, 0.25) is 5.91 Å². The summed E-state index contributed by atoms with van der Waals surface area (Å²) in [6, 6.07) is 2.00. The number of anilines is 1. The topological polar surface area (TPSA) is 75.3 Å². The van der Waals surface area contributed by atoms with Gasteiger partial charge in [0.05, 0.1) is 6.54 Å². The van der Waals surface area contributed by atoms with Crippen LogP contribution in [0.15, 0.2) is 6.07 Å². The zero-order valence-electron chi connectivity index (χ0n) is 10.9. The summed E-state index contributed by atoms with van der Waals surface area (Å²) in [5, 5.41) is 0. The molecule has 2 heterocycles. The van der Waals surface area contributed by atoms with Crippen LogP contribution in [0.1, 0.15) is 11.5 Å². The monoisotopic (exact) mass is 249 g/mol. The number of aromatic nitrogens is 2. The molecule has 1 fully saturated rings. The minimum atomic E-state index is -0.267. The van der Waals surface area contributed by atoms with Gasteiger partial charge < -0.3 is 10.6 Å². The average molecular weight is 249 g/mol. The maximum absolute atomic E-state index is 10.9. The summed E-state index contributed by atoms with van der Waals surface area (Å²) in [5.74, 6) is 1.50. The van der Waals surface area contributed by atoms with Gasteiger partial charge in [0.25, 0.3) is 0 Å². The number of rotatable bonds is 3. The van der Waals surface area contributed by atoms with E-state index in [1.54, 1.807) is 0 Å². The summed E-state index contributed by atoms with van der Waals surface area (Å²) in [7, 11) is 0. The van der Waals surface area contributed by atoms with Gasteiger partial charge >= 0.3 is 0 Å². The molecule has 1 amide bonds. The zero-order valence-corrected chi connectivity index (χ0v) is 10.9. The smallest absolute Gasteiger partial charge is 0.231 e. The van der Waals surface area contributed by atoms with Gasteiger partial charge in [-0.2, -0.15) is 0 Å². The lowest BCUT2D eigenvalue weighted by molar-refractivity contribution is -0.119. The lowest BCUT2D eigenvalue weighted by atomic mass is 10.3. The summed E-state index contributed by atoms with van der Waals surface area (Å²) in [5.41, 5.74) is 6.18. The molecule has 1 aliphatic heterocycles. The summed E-state index contributed by atoms with van der Waals surface area (Å²) in [6.07, 6.45) is 0. The van der Waals surface area contributed by atoms with Crippen molar-refractivity contribution >= 4 is 11.7 Å². The summed E-state index contributed by atoms with van der Waals surface area (Å²) < 4.78 is 0. The molecule has 6 nitrogen and oxygen atoms in total. The normalized spacial score (nSPS) is 16.9. The third-order valence-corrected chi connectivity index (χ3v) is 3.03. The van der Waals surface area contributed by atoms with Gasteiger partial charge in [0.15, 0.2) is 0 Å². The molecule has 1 saturated heterocycles. The maximum atomic E-state index is 10.9. The number of hydrogen-bond donors (Lipinski definition) is 1. The molecule has 0 atom stereocenters. The number of amides is 1. The highest BCUT2D eigenvalue weighted by atomic mass is 16.1. The second-order valence-corrected chi connectivity index (χ2v) is 4.64. The number of carbonyl (C=O) groups excluding carboxylic acids is 1. The van der Waals surface area contributed by atoms with E-state index in [0.717, 1.165) is 43.5 Å². The molecule has 98 valence electrons. The largest absolute Gasteiger partial charge is 0.369 e. The van der Waals surface area contributed by atoms with E-state index in [9.17, 15) is 4.79 Å². The fourth-order valence-corrected chi connectivity index (χ4v) is 2.21. The van der Waals surface area contributed by atoms with Gasteiger partial charge in [0.1, 0.15) is 11.6 Å². The first kappa shape index (κ1) is 12.8. The Hall–Kier alpha value is -1.69. The van der Waals surface area contributed by atoms with Gasteiger partial charge in [-0.25, -0.2) is 9.97 Å². The van der Waals surface area contributed by atoms with Crippen molar-refractivity contribution in [1.29, 1.82) is 0 Å². The Balaban J connectivity index is 1.98. The van der Waals surface area contributed by atoms with Crippen molar-refractivity contribution in [2.45, 2.75) is 13.8 Å². The highest BCUT2D eigenvalue weighted by Gasteiger charge is 2.19. The van der Waals surface area contributed by atoms with E-state index < -0.39 is 0 Å². The number of aryl methyl sites for hydroxylation is 2. The number of nitrogens with two attached hydrogens (primary N) is 1. The molecule has 0 unspecified atom stereocenters. The van der Waals surface area contributed by atoms with Crippen LogP contribution in [0.5, 0.6) is 0 Å². The van der Waals surface area contributed by atoms with Crippen LogP contribution in [0.3, 0.4) is 0 Å². The van der Waals surface area contributed by atoms with Crippen LogP contribution in [-0.4, -0.2) is 53.5 Å². The Morgan fingerprint density at radius 3 is 2.50 bits per heavy atom. The fourth-order valence-electron chi connectivity index (χ4n) is 2.21. The van der Waals surface area contributed by atoms with Crippen LogP contribution in [0.4, 0.5) is 5.82 Å². The van der Waals surface area contributed by atoms with Crippen molar-refractivity contribution in [2.24, 2.45) is 5.73 Å². The van der Waals surface area contributed by atoms with Gasteiger partial charge in [-0.3, -0.25) is 9.69 Å². The quantitative estimate of drug-likeness (QED) is 0.796. The first-order valence-electron chi connectivity index (χ1n) is 6.12. The van der Waals surface area contributed by atoms with Gasteiger partial charge in [-0.1, -0.05) is 0 Å². The molecule has 1 aromatic heterocycles. The van der Waals surface area contributed by atoms with E-state index in [4.69, 9.17) is 5.73 Å². The standard InChI is InChI=1S/C12H19N5O/c1-9-7-12(15-10(2)14-9)17-5-3-16(4-6-17)8-11(13)18/h7H,3-6,8H2,1-2H3,(H2,13,18). The van der Waals surface area contributed by atoms with Crippen LogP contribution in [0, 0.1) is 13.8 Å². The van der Waals surface area contributed by atoms with Gasteiger partial charge in [-0.15, -0.1) is 0 Å². The van der Waals surface area contributed by atoms with Crippen LogP contribution >= 0.6 is 0 Å². The van der Waals surface area contributed by atoms with Crippen LogP contribution < -0.4 is 10.6 Å². The van der Waals surface area contributed by atoms with Crippen LogP contribution in [0.2, 0.25) is 0 Å². The van der Waals surface area contributed by atoms with E-state index in [2.05, 4.69) is 19.8 Å². The highest BCUT2D eigenvalue weighted by Crippen LogP contribution is 2.14. The summed E-state index contributed by atoms with van der Waals surface area (Å²) in [4.78, 5) is 23.9. The number of primary amides is 1. The molecule has 0 spiro atoms. The predicted octanol–water partition coefficient (Wildman–Crippen LogP) is -0.299. The van der Waals surface area contributed by atoms with Crippen LogP contribution in [-0.2, 0) is 4.79 Å². The maximum Gasteiger partial charge on any atom is 0.231 e. The molecule has 18 heavy (non-hydrogen) atoms. The molecule has 0 saturated carbocycles. The Labute approximate surface area is 107 Å². The SMILES string of the molecule is Cc1cc(N2CCN(CC(N)=O)CC2)nc(C)n1. The number of nitrogens with zero attached hydrogens (tertiary/aromatic N) is 4. The minimum Gasteiger partial charge on any atom is -0.369 e.